The van der Waals surface area contributed by atoms with Gasteiger partial charge in [0.15, 0.2) is 6.29 Å². The van der Waals surface area contributed by atoms with Crippen LogP contribution in [0, 0.1) is 6.92 Å². The summed E-state index contributed by atoms with van der Waals surface area (Å²) in [6.07, 6.45) is 1.74. The van der Waals surface area contributed by atoms with E-state index >= 15 is 0 Å². The number of carbonyl (C=O) groups excluding carboxylic acids is 2. The molecule has 0 amide bonds. The molecule has 0 aliphatic rings. The van der Waals surface area contributed by atoms with Gasteiger partial charge >= 0.3 is 0 Å². The van der Waals surface area contributed by atoms with Gasteiger partial charge in [-0.05, 0) is 43.7 Å². The first-order valence-electron chi connectivity index (χ1n) is 8.00. The Hall–Kier alpha value is -2.88. The molecule has 0 atom stereocenters. The minimum atomic E-state index is -0.154. The minimum Gasteiger partial charge on any atom is -0.494 e. The third kappa shape index (κ3) is 2.71. The smallest absolute Gasteiger partial charge is 0.262 e. The average molecular weight is 321 g/mol. The minimum absolute atomic E-state index is 0.154. The fraction of sp³-hybridized carbons (Fsp3) is 0.200. The molecule has 0 saturated carbocycles. The summed E-state index contributed by atoms with van der Waals surface area (Å²) in [5, 5.41) is 0.793. The summed E-state index contributed by atoms with van der Waals surface area (Å²) in [7, 11) is 0. The molecular weight excluding hydrogens is 302 g/mol. The van der Waals surface area contributed by atoms with Gasteiger partial charge in [-0.1, -0.05) is 25.1 Å². The molecule has 0 aliphatic heterocycles. The van der Waals surface area contributed by atoms with Gasteiger partial charge in [0.1, 0.15) is 5.75 Å². The van der Waals surface area contributed by atoms with Crippen LogP contribution < -0.4 is 4.74 Å². The van der Waals surface area contributed by atoms with Crippen molar-refractivity contribution in [2.45, 2.75) is 20.3 Å². The first kappa shape index (κ1) is 16.0. The van der Waals surface area contributed by atoms with E-state index in [-0.39, 0.29) is 5.91 Å². The molecule has 0 N–H and O–H groups in total. The highest BCUT2D eigenvalue weighted by atomic mass is 16.5. The van der Waals surface area contributed by atoms with E-state index in [0.29, 0.717) is 23.4 Å². The molecule has 2 aromatic carbocycles. The number of hydrogen-bond acceptors (Lipinski definition) is 3. The lowest BCUT2D eigenvalue weighted by molar-refractivity contribution is 0.0963. The van der Waals surface area contributed by atoms with Gasteiger partial charge in [0, 0.05) is 22.2 Å². The maximum absolute atomic E-state index is 12.9. The molecule has 3 rings (SSSR count). The zero-order valence-electron chi connectivity index (χ0n) is 13.8. The number of aldehydes is 1. The Bertz CT molecular complexity index is 891. The van der Waals surface area contributed by atoms with Crippen molar-refractivity contribution >= 4 is 23.1 Å². The lowest BCUT2D eigenvalue weighted by Gasteiger charge is -2.09. The molecule has 0 bridgehead atoms. The summed E-state index contributed by atoms with van der Waals surface area (Å²) in [6.45, 7) is 4.49. The molecule has 122 valence electrons. The molecule has 0 saturated heterocycles. The van der Waals surface area contributed by atoms with E-state index in [1.165, 1.54) is 0 Å². The molecule has 0 unspecified atom stereocenters. The van der Waals surface area contributed by atoms with Crippen molar-refractivity contribution in [3.05, 3.63) is 65.4 Å². The Morgan fingerprint density at radius 1 is 1.12 bits per heavy atom. The van der Waals surface area contributed by atoms with Crippen molar-refractivity contribution in [1.82, 2.24) is 4.57 Å². The Kier molecular flexibility index (Phi) is 4.47. The summed E-state index contributed by atoms with van der Waals surface area (Å²) < 4.78 is 7.14. The molecule has 0 radical (unpaired) electrons. The van der Waals surface area contributed by atoms with Crippen LogP contribution in [-0.4, -0.2) is 23.4 Å². The van der Waals surface area contributed by atoms with Crippen LogP contribution in [0.4, 0.5) is 0 Å². The van der Waals surface area contributed by atoms with Gasteiger partial charge in [0.25, 0.3) is 5.91 Å². The number of fused-ring (bicyclic) bond motifs is 1. The van der Waals surface area contributed by atoms with Gasteiger partial charge in [0.05, 0.1) is 12.1 Å². The van der Waals surface area contributed by atoms with Crippen LogP contribution in [0.2, 0.25) is 0 Å². The van der Waals surface area contributed by atoms with Crippen LogP contribution in [0.1, 0.15) is 39.8 Å². The van der Waals surface area contributed by atoms with Crippen LogP contribution in [0.15, 0.2) is 48.5 Å². The van der Waals surface area contributed by atoms with E-state index in [0.717, 1.165) is 29.4 Å². The topological polar surface area (TPSA) is 48.3 Å². The molecular formula is C20H19NO3. The highest BCUT2D eigenvalue weighted by Gasteiger charge is 2.19. The molecule has 3 aromatic rings. The predicted octanol–water partition coefficient (Wildman–Crippen LogP) is 4.24. The predicted molar refractivity (Wildman–Crippen MR) is 94.0 cm³/mol. The number of para-hydroxylation sites is 1. The molecule has 0 aliphatic carbocycles. The van der Waals surface area contributed by atoms with Gasteiger partial charge in [-0.2, -0.15) is 0 Å². The van der Waals surface area contributed by atoms with Crippen molar-refractivity contribution in [1.29, 1.82) is 0 Å². The second-order valence-electron chi connectivity index (χ2n) is 5.65. The molecule has 0 spiro atoms. The summed E-state index contributed by atoms with van der Waals surface area (Å²) >= 11 is 0. The molecule has 1 heterocycles. The van der Waals surface area contributed by atoms with Crippen LogP contribution >= 0.6 is 0 Å². The van der Waals surface area contributed by atoms with Gasteiger partial charge in [0.2, 0.25) is 0 Å². The third-order valence-electron chi connectivity index (χ3n) is 4.06. The number of aromatic nitrogens is 1. The summed E-state index contributed by atoms with van der Waals surface area (Å²) in [6, 6.07) is 14.5. The number of carbonyl (C=O) groups is 2. The highest BCUT2D eigenvalue weighted by Crippen LogP contribution is 2.26. The van der Waals surface area contributed by atoms with Crippen molar-refractivity contribution in [3.63, 3.8) is 0 Å². The second-order valence-corrected chi connectivity index (χ2v) is 5.65. The van der Waals surface area contributed by atoms with E-state index in [1.54, 1.807) is 35.8 Å². The summed E-state index contributed by atoms with van der Waals surface area (Å²) in [5.41, 5.74) is 2.51. The number of nitrogens with zero attached hydrogens (tertiary/aromatic N) is 1. The highest BCUT2D eigenvalue weighted by molar-refractivity contribution is 6.08. The van der Waals surface area contributed by atoms with Crippen LogP contribution in [0.3, 0.4) is 0 Å². The van der Waals surface area contributed by atoms with E-state index in [4.69, 9.17) is 4.74 Å². The first-order valence-corrected chi connectivity index (χ1v) is 8.00. The number of ether oxygens (including phenoxy) is 1. The van der Waals surface area contributed by atoms with E-state index < -0.39 is 0 Å². The zero-order valence-corrected chi connectivity index (χ0v) is 13.8. The fourth-order valence-corrected chi connectivity index (χ4v) is 2.85. The van der Waals surface area contributed by atoms with Crippen LogP contribution in [0.5, 0.6) is 5.75 Å². The Morgan fingerprint density at radius 2 is 1.83 bits per heavy atom. The lowest BCUT2D eigenvalue weighted by atomic mass is 10.1. The van der Waals surface area contributed by atoms with Gasteiger partial charge in [-0.3, -0.25) is 14.2 Å². The van der Waals surface area contributed by atoms with Crippen LogP contribution in [-0.2, 0) is 0 Å². The zero-order chi connectivity index (χ0) is 17.1. The normalized spacial score (nSPS) is 10.8. The molecule has 0 fully saturated rings. The van der Waals surface area contributed by atoms with E-state index in [2.05, 4.69) is 0 Å². The molecule has 1 aromatic heterocycles. The first-order chi connectivity index (χ1) is 11.7. The average Bonchev–Trinajstić information content (AvgIpc) is 2.91. The van der Waals surface area contributed by atoms with Crippen molar-refractivity contribution in [3.8, 4) is 5.75 Å². The van der Waals surface area contributed by atoms with Crippen molar-refractivity contribution in [2.75, 3.05) is 6.61 Å². The van der Waals surface area contributed by atoms with Crippen molar-refractivity contribution in [2.24, 2.45) is 0 Å². The van der Waals surface area contributed by atoms with Gasteiger partial charge < -0.3 is 4.74 Å². The molecule has 24 heavy (non-hydrogen) atoms. The van der Waals surface area contributed by atoms with Gasteiger partial charge in [-0.15, -0.1) is 0 Å². The maximum Gasteiger partial charge on any atom is 0.262 e. The molecule has 4 nitrogen and oxygen atoms in total. The number of rotatable bonds is 5. The second kappa shape index (κ2) is 6.71. The lowest BCUT2D eigenvalue weighted by Crippen LogP contribution is -2.13. The summed E-state index contributed by atoms with van der Waals surface area (Å²) in [5.74, 6) is 0.593. The maximum atomic E-state index is 12.9. The SMILES string of the molecule is CCCOc1ccc(C(=O)n2c(C)c(C=O)c3ccccc32)cc1. The molecule has 4 heteroatoms. The summed E-state index contributed by atoms with van der Waals surface area (Å²) in [4.78, 5) is 24.4. The third-order valence-corrected chi connectivity index (χ3v) is 4.06. The fourth-order valence-electron chi connectivity index (χ4n) is 2.85. The van der Waals surface area contributed by atoms with E-state index in [1.807, 2.05) is 31.2 Å². The quantitative estimate of drug-likeness (QED) is 0.660. The number of hydrogen-bond donors (Lipinski definition) is 0. The Morgan fingerprint density at radius 3 is 2.50 bits per heavy atom. The largest absolute Gasteiger partial charge is 0.494 e. The van der Waals surface area contributed by atoms with Gasteiger partial charge in [-0.25, -0.2) is 0 Å². The Labute approximate surface area is 140 Å². The van der Waals surface area contributed by atoms with Crippen LogP contribution in [0.25, 0.3) is 10.9 Å². The monoisotopic (exact) mass is 321 g/mol. The standard InChI is InChI=1S/C20H19NO3/c1-3-12-24-16-10-8-15(9-11-16)20(23)21-14(2)18(13-22)17-6-4-5-7-19(17)21/h4-11,13H,3,12H2,1-2H3. The Balaban J connectivity index is 2.03. The van der Waals surface area contributed by atoms with E-state index in [9.17, 15) is 9.59 Å². The number of benzene rings is 2. The van der Waals surface area contributed by atoms with Crippen molar-refractivity contribution < 1.29 is 14.3 Å².